The molecule has 0 saturated heterocycles. The van der Waals surface area contributed by atoms with E-state index in [2.05, 4.69) is 15.5 Å². The summed E-state index contributed by atoms with van der Waals surface area (Å²) < 4.78 is 11.4. The number of carbonyl (C=O) groups is 2. The lowest BCUT2D eigenvalue weighted by atomic mass is 10.0. The molecule has 164 valence electrons. The smallest absolute Gasteiger partial charge is 0.259 e. The third-order valence-corrected chi connectivity index (χ3v) is 5.37. The van der Waals surface area contributed by atoms with Crippen molar-refractivity contribution in [3.8, 4) is 17.2 Å². The topological polar surface area (TPSA) is 97.6 Å². The van der Waals surface area contributed by atoms with Crippen LogP contribution in [0.3, 0.4) is 0 Å². The van der Waals surface area contributed by atoms with Crippen molar-refractivity contribution in [2.45, 2.75) is 32.2 Å². The zero-order chi connectivity index (χ0) is 22.2. The number of nitrogens with one attached hydrogen (secondary N) is 1. The summed E-state index contributed by atoms with van der Waals surface area (Å²) in [5, 5.41) is 15.0. The Hall–Kier alpha value is -3.20. The minimum Gasteiger partial charge on any atom is -0.483 e. The van der Waals surface area contributed by atoms with Gasteiger partial charge in [0.25, 0.3) is 5.91 Å². The van der Waals surface area contributed by atoms with Gasteiger partial charge in [-0.15, -0.1) is 10.2 Å². The average Bonchev–Trinajstić information content (AvgIpc) is 3.46. The predicted octanol–water partition coefficient (Wildman–Crippen LogP) is 3.47. The van der Waals surface area contributed by atoms with E-state index in [0.717, 1.165) is 11.1 Å². The SMILES string of the molecule is CCC(NC(=O)CCc1nnc(-c2ccsc2)o1)c1ccccc1OCC(=O)N(C)C. The number of benzene rings is 1. The van der Waals surface area contributed by atoms with Gasteiger partial charge in [0, 0.05) is 43.4 Å². The highest BCUT2D eigenvalue weighted by Crippen LogP contribution is 2.27. The first-order valence-electron chi connectivity index (χ1n) is 10.0. The Morgan fingerprint density at radius 2 is 2.03 bits per heavy atom. The molecule has 0 aliphatic rings. The van der Waals surface area contributed by atoms with Gasteiger partial charge in [-0.1, -0.05) is 25.1 Å². The Balaban J connectivity index is 1.58. The molecule has 0 fully saturated rings. The normalized spacial score (nSPS) is 11.7. The Kier molecular flexibility index (Phi) is 7.77. The van der Waals surface area contributed by atoms with Gasteiger partial charge in [0.05, 0.1) is 6.04 Å². The van der Waals surface area contributed by atoms with Crippen LogP contribution in [0.1, 0.15) is 37.3 Å². The summed E-state index contributed by atoms with van der Waals surface area (Å²) >= 11 is 1.55. The van der Waals surface area contributed by atoms with Crippen LogP contribution < -0.4 is 10.1 Å². The van der Waals surface area contributed by atoms with Crippen molar-refractivity contribution < 1.29 is 18.7 Å². The van der Waals surface area contributed by atoms with Crippen molar-refractivity contribution in [1.82, 2.24) is 20.4 Å². The van der Waals surface area contributed by atoms with E-state index in [1.165, 1.54) is 4.90 Å². The summed E-state index contributed by atoms with van der Waals surface area (Å²) in [6.07, 6.45) is 1.26. The lowest BCUT2D eigenvalue weighted by molar-refractivity contribution is -0.130. The molecule has 2 aromatic heterocycles. The summed E-state index contributed by atoms with van der Waals surface area (Å²) in [4.78, 5) is 25.9. The summed E-state index contributed by atoms with van der Waals surface area (Å²) in [5.41, 5.74) is 1.71. The van der Waals surface area contributed by atoms with Crippen LogP contribution in [0.15, 0.2) is 45.5 Å². The molecule has 2 heterocycles. The molecule has 3 aromatic rings. The maximum absolute atomic E-state index is 12.6. The Bertz CT molecular complexity index is 1000. The number of hydrogen-bond acceptors (Lipinski definition) is 7. The molecule has 0 aliphatic carbocycles. The third kappa shape index (κ3) is 6.14. The first kappa shape index (κ1) is 22.5. The number of aryl methyl sites for hydroxylation is 1. The Morgan fingerprint density at radius 1 is 1.23 bits per heavy atom. The van der Waals surface area contributed by atoms with Crippen molar-refractivity contribution in [3.63, 3.8) is 0 Å². The number of para-hydroxylation sites is 1. The van der Waals surface area contributed by atoms with Crippen molar-refractivity contribution >= 4 is 23.2 Å². The van der Waals surface area contributed by atoms with Gasteiger partial charge < -0.3 is 19.4 Å². The average molecular weight is 443 g/mol. The van der Waals surface area contributed by atoms with E-state index in [4.69, 9.17) is 9.15 Å². The molecule has 1 atom stereocenters. The second-order valence-corrected chi connectivity index (χ2v) is 7.94. The lowest BCUT2D eigenvalue weighted by Crippen LogP contribution is -2.30. The summed E-state index contributed by atoms with van der Waals surface area (Å²) in [6, 6.07) is 9.10. The zero-order valence-electron chi connectivity index (χ0n) is 17.8. The maximum Gasteiger partial charge on any atom is 0.259 e. The lowest BCUT2D eigenvalue weighted by Gasteiger charge is -2.21. The van der Waals surface area contributed by atoms with Crippen molar-refractivity contribution in [1.29, 1.82) is 0 Å². The summed E-state index contributed by atoms with van der Waals surface area (Å²) in [6.45, 7) is 1.93. The minimum absolute atomic E-state index is 0.0575. The summed E-state index contributed by atoms with van der Waals surface area (Å²) in [7, 11) is 3.36. The van der Waals surface area contributed by atoms with Crippen LogP contribution in [0.5, 0.6) is 5.75 Å². The fourth-order valence-electron chi connectivity index (χ4n) is 2.91. The first-order valence-corrected chi connectivity index (χ1v) is 11.0. The van der Waals surface area contributed by atoms with Gasteiger partial charge in [-0.3, -0.25) is 9.59 Å². The largest absolute Gasteiger partial charge is 0.483 e. The maximum atomic E-state index is 12.6. The fraction of sp³-hybridized carbons (Fsp3) is 0.364. The van der Waals surface area contributed by atoms with E-state index in [9.17, 15) is 9.59 Å². The molecule has 2 amide bonds. The number of ether oxygens (including phenoxy) is 1. The standard InChI is InChI=1S/C22H26N4O4S/c1-4-17(16-7-5-6-8-18(16)29-13-21(28)26(2)3)23-19(27)9-10-20-24-25-22(30-20)15-11-12-31-14-15/h5-8,11-12,14,17H,4,9-10,13H2,1-3H3,(H,23,27). The predicted molar refractivity (Wildman–Crippen MR) is 118 cm³/mol. The van der Waals surface area contributed by atoms with Gasteiger partial charge in [0.1, 0.15) is 5.75 Å². The highest BCUT2D eigenvalue weighted by Gasteiger charge is 2.18. The summed E-state index contributed by atoms with van der Waals surface area (Å²) in [5.74, 6) is 1.22. The second kappa shape index (κ2) is 10.7. The molecule has 0 saturated carbocycles. The van der Waals surface area contributed by atoms with E-state index < -0.39 is 0 Å². The molecule has 1 unspecified atom stereocenters. The number of amides is 2. The molecule has 3 rings (SSSR count). The first-order chi connectivity index (χ1) is 15.0. The molecule has 1 aromatic carbocycles. The molecule has 31 heavy (non-hydrogen) atoms. The van der Waals surface area contributed by atoms with E-state index in [0.29, 0.717) is 30.4 Å². The number of likely N-dealkylation sites (N-methyl/N-ethyl adjacent to an activating group) is 1. The van der Waals surface area contributed by atoms with Crippen LogP contribution in [0.2, 0.25) is 0 Å². The molecule has 1 N–H and O–H groups in total. The van der Waals surface area contributed by atoms with Crippen LogP contribution in [0, 0.1) is 0 Å². The van der Waals surface area contributed by atoms with E-state index in [1.807, 2.05) is 41.9 Å². The van der Waals surface area contributed by atoms with Gasteiger partial charge in [-0.05, 0) is 23.9 Å². The van der Waals surface area contributed by atoms with E-state index in [-0.39, 0.29) is 30.9 Å². The molecule has 0 bridgehead atoms. The number of carbonyl (C=O) groups excluding carboxylic acids is 2. The fourth-order valence-corrected chi connectivity index (χ4v) is 3.54. The van der Waals surface area contributed by atoms with Crippen molar-refractivity contribution in [2.75, 3.05) is 20.7 Å². The number of rotatable bonds is 10. The van der Waals surface area contributed by atoms with Gasteiger partial charge >= 0.3 is 0 Å². The molecular formula is C22H26N4O4S. The molecule has 9 heteroatoms. The van der Waals surface area contributed by atoms with E-state index >= 15 is 0 Å². The zero-order valence-corrected chi connectivity index (χ0v) is 18.6. The van der Waals surface area contributed by atoms with Crippen LogP contribution in [0.4, 0.5) is 0 Å². The van der Waals surface area contributed by atoms with Crippen LogP contribution >= 0.6 is 11.3 Å². The number of thiophene rings is 1. The number of aromatic nitrogens is 2. The molecule has 0 spiro atoms. The monoisotopic (exact) mass is 442 g/mol. The van der Waals surface area contributed by atoms with Gasteiger partial charge in [-0.25, -0.2) is 0 Å². The van der Waals surface area contributed by atoms with Crippen molar-refractivity contribution in [3.05, 3.63) is 52.5 Å². The minimum atomic E-state index is -0.234. The molecule has 0 radical (unpaired) electrons. The van der Waals surface area contributed by atoms with Crippen LogP contribution in [0.25, 0.3) is 11.5 Å². The highest BCUT2D eigenvalue weighted by molar-refractivity contribution is 7.08. The van der Waals surface area contributed by atoms with E-state index in [1.54, 1.807) is 31.5 Å². The Morgan fingerprint density at radius 3 is 2.74 bits per heavy atom. The number of hydrogen-bond donors (Lipinski definition) is 1. The highest BCUT2D eigenvalue weighted by atomic mass is 32.1. The van der Waals surface area contributed by atoms with Gasteiger partial charge in [0.15, 0.2) is 6.61 Å². The molecule has 8 nitrogen and oxygen atoms in total. The second-order valence-electron chi connectivity index (χ2n) is 7.16. The quantitative estimate of drug-likeness (QED) is 0.516. The van der Waals surface area contributed by atoms with Crippen molar-refractivity contribution in [2.24, 2.45) is 0 Å². The Labute approximate surface area is 185 Å². The number of nitrogens with zero attached hydrogens (tertiary/aromatic N) is 3. The third-order valence-electron chi connectivity index (χ3n) is 4.69. The van der Waals surface area contributed by atoms with Gasteiger partial charge in [-0.2, -0.15) is 11.3 Å². The van der Waals surface area contributed by atoms with Gasteiger partial charge in [0.2, 0.25) is 17.7 Å². The molecular weight excluding hydrogens is 416 g/mol. The van der Waals surface area contributed by atoms with Crippen LogP contribution in [-0.2, 0) is 16.0 Å². The molecule has 0 aliphatic heterocycles. The van der Waals surface area contributed by atoms with Crippen LogP contribution in [-0.4, -0.2) is 47.6 Å².